The smallest absolute Gasteiger partial charge is 0.0708 e. The lowest BCUT2D eigenvalue weighted by atomic mass is 9.95. The number of hydrogen-bond donors (Lipinski definition) is 0. The van der Waals surface area contributed by atoms with Crippen molar-refractivity contribution in [2.24, 2.45) is 12.0 Å². The molecule has 0 radical (unpaired) electrons. The largest absolute Gasteiger partial charge is 0.344 e. The van der Waals surface area contributed by atoms with E-state index in [1.165, 1.54) is 98.4 Å². The van der Waals surface area contributed by atoms with Gasteiger partial charge in [0.1, 0.15) is 0 Å². The fourth-order valence-corrected chi connectivity index (χ4v) is 13.9. The second-order valence-electron chi connectivity index (χ2n) is 23.5. The van der Waals surface area contributed by atoms with Crippen molar-refractivity contribution >= 4 is 110 Å². The second kappa shape index (κ2) is 23.4. The molecule has 0 N–H and O–H groups in total. The normalized spacial score (nSPS) is 14.5. The lowest BCUT2D eigenvalue weighted by Gasteiger charge is -2.19. The molecule has 17 rings (SSSR count). The van der Waals surface area contributed by atoms with Crippen LogP contribution in [-0.4, -0.2) is 24.5 Å². The molecular formula is C86H63N5. The van der Waals surface area contributed by atoms with Gasteiger partial charge in [-0.2, -0.15) is 0 Å². The Balaban J connectivity index is 0.000000414. The van der Waals surface area contributed by atoms with Crippen LogP contribution in [0.3, 0.4) is 0 Å². The molecule has 0 unspecified atom stereocenters. The fraction of sp³-hybridized carbons (Fsp3) is 0.0349. The van der Waals surface area contributed by atoms with E-state index in [2.05, 4.69) is 347 Å². The Bertz CT molecular complexity index is 5480. The molecule has 0 spiro atoms. The Labute approximate surface area is 529 Å². The molecule has 1 aliphatic carbocycles. The standard InChI is InChI=1S/C73H52N4.C13H11N/c1-50(52-23-3-2-4-24-52)46-65(55-27-21-26-54(47-55)57-28-7-14-35-66(57)76-69-38-17-10-31-60(69)61-32-11-18-39-70(61)76)74-49-51-22-5-6-25-53(43-42-51)64-48-56(75-67-36-15-8-29-58(67)59-30-9-16-37-68(59)75)44-45-73(64)77-71-40-19-12-33-62(71)63-34-13-20-41-72(63)77;1-14-12-8-4-2-6-10(12)11-7-3-5-9-13(11)14/h2-5,7-42,44-49H,1,6,43H2;2-9H,1H3/b22-5-,51-42+,53-25+,65-46-,74-49-;. The van der Waals surface area contributed by atoms with Gasteiger partial charge in [0.15, 0.2) is 0 Å². The zero-order chi connectivity index (χ0) is 60.8. The van der Waals surface area contributed by atoms with Crippen molar-refractivity contribution in [1.82, 2.24) is 18.3 Å². The number of hydrogen-bond acceptors (Lipinski definition) is 1. The van der Waals surface area contributed by atoms with Crippen molar-refractivity contribution in [3.63, 3.8) is 0 Å². The maximum absolute atomic E-state index is 5.40. The lowest BCUT2D eigenvalue weighted by molar-refractivity contribution is 1.01. The van der Waals surface area contributed by atoms with Gasteiger partial charge in [-0.05, 0) is 126 Å². The van der Waals surface area contributed by atoms with Crippen LogP contribution in [0, 0.1) is 0 Å². The Morgan fingerprint density at radius 2 is 0.813 bits per heavy atom. The molecule has 0 saturated carbocycles. The van der Waals surface area contributed by atoms with Crippen LogP contribution in [0.15, 0.2) is 339 Å². The summed E-state index contributed by atoms with van der Waals surface area (Å²) < 4.78 is 9.53. The molecule has 91 heavy (non-hydrogen) atoms. The van der Waals surface area contributed by atoms with Crippen LogP contribution in [0.5, 0.6) is 0 Å². The van der Waals surface area contributed by atoms with E-state index in [1.807, 2.05) is 12.3 Å². The van der Waals surface area contributed by atoms with Crippen molar-refractivity contribution in [3.05, 3.63) is 350 Å². The van der Waals surface area contributed by atoms with E-state index in [9.17, 15) is 0 Å². The summed E-state index contributed by atoms with van der Waals surface area (Å²) in [6, 6.07) is 104. The third-order valence-corrected chi connectivity index (χ3v) is 18.2. The zero-order valence-electron chi connectivity index (χ0n) is 50.5. The first kappa shape index (κ1) is 54.6. The van der Waals surface area contributed by atoms with Crippen LogP contribution in [0.1, 0.15) is 29.5 Å². The zero-order valence-corrected chi connectivity index (χ0v) is 50.5. The van der Waals surface area contributed by atoms with Crippen LogP contribution in [0.4, 0.5) is 0 Å². The third kappa shape index (κ3) is 9.81. The van der Waals surface area contributed by atoms with Gasteiger partial charge in [0.2, 0.25) is 0 Å². The van der Waals surface area contributed by atoms with Crippen LogP contribution >= 0.6 is 0 Å². The van der Waals surface area contributed by atoms with Crippen molar-refractivity contribution < 1.29 is 0 Å². The second-order valence-corrected chi connectivity index (χ2v) is 23.5. The molecule has 0 aliphatic heterocycles. The molecule has 4 aromatic heterocycles. The molecule has 0 atom stereocenters. The average molecular weight is 1170 g/mol. The van der Waals surface area contributed by atoms with Gasteiger partial charge < -0.3 is 18.3 Å². The van der Waals surface area contributed by atoms with Crippen LogP contribution in [0.2, 0.25) is 0 Å². The maximum Gasteiger partial charge on any atom is 0.0708 e. The summed E-state index contributed by atoms with van der Waals surface area (Å²) in [5, 5.41) is 10.1. The molecule has 12 aromatic carbocycles. The van der Waals surface area contributed by atoms with Crippen LogP contribution < -0.4 is 0 Å². The van der Waals surface area contributed by atoms with Crippen molar-refractivity contribution in [2.75, 3.05) is 0 Å². The molecule has 1 aliphatic rings. The predicted molar refractivity (Wildman–Crippen MR) is 388 cm³/mol. The third-order valence-electron chi connectivity index (χ3n) is 18.2. The number of allylic oxidation sites excluding steroid dienone is 8. The van der Waals surface area contributed by atoms with Gasteiger partial charge in [-0.15, -0.1) is 0 Å². The minimum atomic E-state index is 0.706. The number of aromatic nitrogens is 4. The van der Waals surface area contributed by atoms with E-state index in [-0.39, 0.29) is 0 Å². The molecule has 4 heterocycles. The molecule has 432 valence electrons. The summed E-state index contributed by atoms with van der Waals surface area (Å²) in [5.41, 5.74) is 22.6. The Morgan fingerprint density at radius 3 is 1.34 bits per heavy atom. The van der Waals surface area contributed by atoms with Crippen LogP contribution in [0.25, 0.3) is 132 Å². The van der Waals surface area contributed by atoms with E-state index in [0.29, 0.717) is 6.42 Å². The molecule has 16 aromatic rings. The summed E-state index contributed by atoms with van der Waals surface area (Å²) in [6.45, 7) is 4.57. The Kier molecular flexibility index (Phi) is 14.0. The first-order valence-electron chi connectivity index (χ1n) is 31.3. The summed E-state index contributed by atoms with van der Waals surface area (Å²) >= 11 is 0. The van der Waals surface area contributed by atoms with Gasteiger partial charge in [-0.25, -0.2) is 0 Å². The number of nitrogens with zero attached hydrogens (tertiary/aromatic N) is 5. The van der Waals surface area contributed by atoms with Crippen LogP contribution in [-0.2, 0) is 7.05 Å². The Morgan fingerprint density at radius 1 is 0.385 bits per heavy atom. The Hall–Kier alpha value is -11.8. The van der Waals surface area contributed by atoms with E-state index >= 15 is 0 Å². The van der Waals surface area contributed by atoms with E-state index in [4.69, 9.17) is 4.99 Å². The minimum Gasteiger partial charge on any atom is -0.344 e. The highest BCUT2D eigenvalue weighted by Crippen LogP contribution is 2.41. The maximum atomic E-state index is 5.40. The monoisotopic (exact) mass is 1170 g/mol. The first-order chi connectivity index (χ1) is 45.0. The number of rotatable bonds is 10. The SMILES string of the molecule is C=C(\C=C(/N=C\C1=C\C/C(c2cc(-n3c4ccccc4c4ccccc43)ccc2-n2c3ccccc3c3ccccc32)=C\C\C=C/1)c1cccc(-c2ccccc2-n2c3ccccc3c3ccccc32)c1)c1ccccc1.Cn1c2ccccc2c2ccccc21. The van der Waals surface area contributed by atoms with Gasteiger partial charge in [-0.3, -0.25) is 4.99 Å². The highest BCUT2D eigenvalue weighted by molar-refractivity contribution is 6.12. The molecule has 5 heteroatoms. The van der Waals surface area contributed by atoms with Gasteiger partial charge in [0.05, 0.1) is 50.2 Å². The van der Waals surface area contributed by atoms with Gasteiger partial charge in [0, 0.05) is 89.8 Å². The van der Waals surface area contributed by atoms with Gasteiger partial charge in [0.25, 0.3) is 0 Å². The lowest BCUT2D eigenvalue weighted by Crippen LogP contribution is -2.03. The van der Waals surface area contributed by atoms with E-state index in [0.717, 1.165) is 62.6 Å². The highest BCUT2D eigenvalue weighted by atomic mass is 15.0. The van der Waals surface area contributed by atoms with Crippen molar-refractivity contribution in [2.45, 2.75) is 12.8 Å². The molecule has 0 bridgehead atoms. The number of fused-ring (bicyclic) bond motifs is 12. The summed E-state index contributed by atoms with van der Waals surface area (Å²) in [5.74, 6) is 0. The molecule has 0 saturated heterocycles. The minimum absolute atomic E-state index is 0.706. The van der Waals surface area contributed by atoms with E-state index < -0.39 is 0 Å². The molecule has 5 nitrogen and oxygen atoms in total. The number of aryl methyl sites for hydroxylation is 1. The predicted octanol–water partition coefficient (Wildman–Crippen LogP) is 22.5. The summed E-state index contributed by atoms with van der Waals surface area (Å²) in [4.78, 5) is 5.40. The van der Waals surface area contributed by atoms with E-state index in [1.54, 1.807) is 0 Å². The summed E-state index contributed by atoms with van der Waals surface area (Å²) in [6.07, 6.45) is 14.8. The molecular weight excluding hydrogens is 1100 g/mol. The number of para-hydroxylation sites is 9. The van der Waals surface area contributed by atoms with Crippen molar-refractivity contribution in [1.29, 1.82) is 0 Å². The fourth-order valence-electron chi connectivity index (χ4n) is 13.9. The van der Waals surface area contributed by atoms with Gasteiger partial charge in [-0.1, -0.05) is 243 Å². The first-order valence-corrected chi connectivity index (χ1v) is 31.3. The average Bonchev–Trinajstić information content (AvgIpc) is 1.65. The topological polar surface area (TPSA) is 32.1 Å². The highest BCUT2D eigenvalue weighted by Gasteiger charge is 2.21. The summed E-state index contributed by atoms with van der Waals surface area (Å²) in [7, 11) is 2.12. The quantitative estimate of drug-likeness (QED) is 0.0966. The number of aliphatic imine (C=N–C) groups is 1. The molecule has 0 amide bonds. The molecule has 0 fully saturated rings. The van der Waals surface area contributed by atoms with Gasteiger partial charge >= 0.3 is 0 Å². The number of benzene rings is 12. The van der Waals surface area contributed by atoms with Crippen molar-refractivity contribution in [3.8, 4) is 28.2 Å².